The Bertz CT molecular complexity index is 651. The van der Waals surface area contributed by atoms with Gasteiger partial charge in [0.2, 0.25) is 17.7 Å². The van der Waals surface area contributed by atoms with Crippen molar-refractivity contribution in [3.63, 3.8) is 0 Å². The molecule has 29 heavy (non-hydrogen) atoms. The van der Waals surface area contributed by atoms with Crippen molar-refractivity contribution in [3.05, 3.63) is 0 Å². The van der Waals surface area contributed by atoms with Crippen LogP contribution in [-0.4, -0.2) is 86.8 Å². The molecule has 14 heteroatoms. The zero-order valence-corrected chi connectivity index (χ0v) is 15.5. The highest BCUT2D eigenvalue weighted by Gasteiger charge is 2.32. The van der Waals surface area contributed by atoms with E-state index in [9.17, 15) is 33.9 Å². The predicted octanol–water partition coefficient (Wildman–Crippen LogP) is -3.80. The van der Waals surface area contributed by atoms with Crippen molar-refractivity contribution in [1.82, 2.24) is 16.0 Å². The standard InChI is InChI=1S/C15H24N4O10/c1-6(20)12(19-13(27)7(16)2-3-9(21)22)15(29)18-8(4-10(23)24)14(28)17-5-11(25)26/h6-8,12,20H,2-5,16H2,1H3,(H,17,28)(H,18,29)(H,19,27)(H,21,22)(H,23,24)(H,25,26). The average molecular weight is 420 g/mol. The molecule has 0 aliphatic rings. The van der Waals surface area contributed by atoms with Crippen molar-refractivity contribution in [2.24, 2.45) is 5.73 Å². The first-order valence-corrected chi connectivity index (χ1v) is 8.32. The van der Waals surface area contributed by atoms with E-state index in [0.29, 0.717) is 0 Å². The number of hydrogen-bond acceptors (Lipinski definition) is 8. The van der Waals surface area contributed by atoms with Crippen LogP contribution in [0.3, 0.4) is 0 Å². The fourth-order valence-electron chi connectivity index (χ4n) is 2.01. The largest absolute Gasteiger partial charge is 0.481 e. The van der Waals surface area contributed by atoms with Crippen LogP contribution >= 0.6 is 0 Å². The molecule has 14 nitrogen and oxygen atoms in total. The number of carbonyl (C=O) groups is 6. The second-order valence-corrected chi connectivity index (χ2v) is 6.04. The molecule has 0 aromatic rings. The van der Waals surface area contributed by atoms with Crippen LogP contribution in [0.2, 0.25) is 0 Å². The molecule has 0 saturated heterocycles. The molecule has 4 atom stereocenters. The third kappa shape index (κ3) is 10.6. The quantitative estimate of drug-likeness (QED) is 0.143. The number of aliphatic hydroxyl groups is 1. The number of aliphatic hydroxyl groups excluding tert-OH is 1. The molecule has 0 spiro atoms. The summed E-state index contributed by atoms with van der Waals surface area (Å²) in [7, 11) is 0. The van der Waals surface area contributed by atoms with E-state index in [0.717, 1.165) is 6.92 Å². The fourth-order valence-corrected chi connectivity index (χ4v) is 2.01. The summed E-state index contributed by atoms with van der Waals surface area (Å²) in [5.41, 5.74) is 5.51. The first-order chi connectivity index (χ1) is 13.3. The summed E-state index contributed by atoms with van der Waals surface area (Å²) < 4.78 is 0. The number of carboxylic acids is 3. The molecule has 3 amide bonds. The lowest BCUT2D eigenvalue weighted by Gasteiger charge is -2.25. The van der Waals surface area contributed by atoms with E-state index in [1.807, 2.05) is 10.6 Å². The smallest absolute Gasteiger partial charge is 0.322 e. The van der Waals surface area contributed by atoms with Gasteiger partial charge in [-0.15, -0.1) is 0 Å². The van der Waals surface area contributed by atoms with E-state index in [2.05, 4.69) is 5.32 Å². The van der Waals surface area contributed by atoms with Crippen LogP contribution in [0.1, 0.15) is 26.2 Å². The highest BCUT2D eigenvalue weighted by molar-refractivity contribution is 5.95. The Morgan fingerprint density at radius 3 is 1.90 bits per heavy atom. The third-order valence-corrected chi connectivity index (χ3v) is 3.49. The maximum atomic E-state index is 12.3. The Morgan fingerprint density at radius 2 is 1.45 bits per heavy atom. The summed E-state index contributed by atoms with van der Waals surface area (Å²) in [6, 6.07) is -4.62. The number of hydrogen-bond donors (Lipinski definition) is 8. The second-order valence-electron chi connectivity index (χ2n) is 6.04. The van der Waals surface area contributed by atoms with Gasteiger partial charge in [-0.25, -0.2) is 0 Å². The third-order valence-electron chi connectivity index (χ3n) is 3.49. The lowest BCUT2D eigenvalue weighted by Crippen LogP contribution is -2.59. The molecule has 164 valence electrons. The first-order valence-electron chi connectivity index (χ1n) is 8.32. The molecule has 0 aromatic heterocycles. The summed E-state index contributed by atoms with van der Waals surface area (Å²) in [6.07, 6.45) is -3.03. The van der Waals surface area contributed by atoms with Gasteiger partial charge in [0.25, 0.3) is 0 Å². The second kappa shape index (κ2) is 12.2. The highest BCUT2D eigenvalue weighted by atomic mass is 16.4. The Labute approximate surface area is 164 Å². The zero-order chi connectivity index (χ0) is 22.7. The lowest BCUT2D eigenvalue weighted by atomic mass is 10.1. The molecule has 9 N–H and O–H groups in total. The van der Waals surface area contributed by atoms with Gasteiger partial charge >= 0.3 is 17.9 Å². The molecule has 0 fully saturated rings. The van der Waals surface area contributed by atoms with Crippen LogP contribution in [-0.2, 0) is 28.8 Å². The van der Waals surface area contributed by atoms with E-state index in [4.69, 9.17) is 21.1 Å². The minimum absolute atomic E-state index is 0.242. The Morgan fingerprint density at radius 1 is 0.862 bits per heavy atom. The lowest BCUT2D eigenvalue weighted by molar-refractivity contribution is -0.142. The van der Waals surface area contributed by atoms with E-state index in [1.165, 1.54) is 0 Å². The van der Waals surface area contributed by atoms with Gasteiger partial charge in [-0.3, -0.25) is 28.8 Å². The van der Waals surface area contributed by atoms with Crippen molar-refractivity contribution in [1.29, 1.82) is 0 Å². The van der Waals surface area contributed by atoms with Gasteiger partial charge in [0.05, 0.1) is 18.6 Å². The minimum Gasteiger partial charge on any atom is -0.481 e. The highest BCUT2D eigenvalue weighted by Crippen LogP contribution is 2.01. The molecule has 4 unspecified atom stereocenters. The summed E-state index contributed by atoms with van der Waals surface area (Å²) in [5.74, 6) is -7.25. The van der Waals surface area contributed by atoms with Crippen LogP contribution < -0.4 is 21.7 Å². The van der Waals surface area contributed by atoms with Crippen molar-refractivity contribution in [3.8, 4) is 0 Å². The summed E-state index contributed by atoms with van der Waals surface area (Å²) >= 11 is 0. The zero-order valence-electron chi connectivity index (χ0n) is 15.5. The maximum Gasteiger partial charge on any atom is 0.322 e. The van der Waals surface area contributed by atoms with E-state index >= 15 is 0 Å². The maximum absolute atomic E-state index is 12.3. The average Bonchev–Trinajstić information content (AvgIpc) is 2.60. The number of amides is 3. The number of carbonyl (C=O) groups excluding carboxylic acids is 3. The van der Waals surface area contributed by atoms with Crippen LogP contribution in [0, 0.1) is 0 Å². The SMILES string of the molecule is CC(O)C(NC(=O)C(N)CCC(=O)O)C(=O)NC(CC(=O)O)C(=O)NCC(=O)O. The number of aliphatic carboxylic acids is 3. The Balaban J connectivity index is 5.15. The first kappa shape index (κ1) is 25.7. The summed E-state index contributed by atoms with van der Waals surface area (Å²) in [5, 5.41) is 41.8. The van der Waals surface area contributed by atoms with Gasteiger partial charge in [-0.2, -0.15) is 0 Å². The van der Waals surface area contributed by atoms with Crippen molar-refractivity contribution >= 4 is 35.6 Å². The fraction of sp³-hybridized carbons (Fsp3) is 0.600. The topological polar surface area (TPSA) is 245 Å². The van der Waals surface area contributed by atoms with Gasteiger partial charge in [0, 0.05) is 6.42 Å². The number of carboxylic acid groups (broad SMARTS) is 3. The molecule has 0 aliphatic heterocycles. The monoisotopic (exact) mass is 420 g/mol. The molecule has 0 aliphatic carbocycles. The van der Waals surface area contributed by atoms with Gasteiger partial charge in [-0.05, 0) is 13.3 Å². The van der Waals surface area contributed by atoms with Crippen molar-refractivity contribution < 1.29 is 49.2 Å². The molecule has 0 heterocycles. The predicted molar refractivity (Wildman–Crippen MR) is 93.3 cm³/mol. The molecule has 0 radical (unpaired) electrons. The van der Waals surface area contributed by atoms with Crippen LogP contribution in [0.25, 0.3) is 0 Å². The summed E-state index contributed by atoms with van der Waals surface area (Å²) in [6.45, 7) is 0.309. The number of nitrogens with two attached hydrogens (primary N) is 1. The van der Waals surface area contributed by atoms with Gasteiger partial charge in [0.15, 0.2) is 0 Å². The van der Waals surface area contributed by atoms with Gasteiger partial charge < -0.3 is 42.1 Å². The van der Waals surface area contributed by atoms with E-state index in [1.54, 1.807) is 0 Å². The molecule has 0 saturated carbocycles. The normalized spacial score (nSPS) is 14.6. The van der Waals surface area contributed by atoms with Crippen LogP contribution in [0.15, 0.2) is 0 Å². The number of rotatable bonds is 13. The van der Waals surface area contributed by atoms with Gasteiger partial charge in [-0.1, -0.05) is 0 Å². The molecule has 0 bridgehead atoms. The Kier molecular flexibility index (Phi) is 10.9. The van der Waals surface area contributed by atoms with Crippen LogP contribution in [0.4, 0.5) is 0 Å². The van der Waals surface area contributed by atoms with Crippen molar-refractivity contribution in [2.75, 3.05) is 6.54 Å². The Hall–Kier alpha value is -3.26. The van der Waals surface area contributed by atoms with E-state index < -0.39 is 79.2 Å². The van der Waals surface area contributed by atoms with Crippen molar-refractivity contribution in [2.45, 2.75) is 50.4 Å². The van der Waals surface area contributed by atoms with Gasteiger partial charge in [0.1, 0.15) is 18.6 Å². The molecular weight excluding hydrogens is 396 g/mol. The minimum atomic E-state index is -1.68. The van der Waals surface area contributed by atoms with Crippen LogP contribution in [0.5, 0.6) is 0 Å². The molecular formula is C15H24N4O10. The molecule has 0 aromatic carbocycles. The van der Waals surface area contributed by atoms with E-state index in [-0.39, 0.29) is 6.42 Å². The summed E-state index contributed by atoms with van der Waals surface area (Å²) in [4.78, 5) is 68.2. The molecule has 0 rings (SSSR count). The number of nitrogens with one attached hydrogen (secondary N) is 3.